The van der Waals surface area contributed by atoms with Crippen LogP contribution in [-0.4, -0.2) is 57.3 Å². The number of nitrogens with one attached hydrogen (secondary N) is 2. The Bertz CT molecular complexity index is 734. The fraction of sp³-hybridized carbons (Fsp3) is 0.667. The van der Waals surface area contributed by atoms with Crippen molar-refractivity contribution >= 4 is 5.96 Å². The molecule has 0 aromatic carbocycles. The lowest BCUT2D eigenvalue weighted by molar-refractivity contribution is 0.195. The van der Waals surface area contributed by atoms with E-state index in [-0.39, 0.29) is 0 Å². The van der Waals surface area contributed by atoms with Crippen molar-refractivity contribution in [1.82, 2.24) is 35.2 Å². The molecule has 0 fully saturated rings. The van der Waals surface area contributed by atoms with Crippen LogP contribution in [0.2, 0.25) is 0 Å². The third-order valence-electron chi connectivity index (χ3n) is 4.32. The van der Waals surface area contributed by atoms with Crippen molar-refractivity contribution in [3.63, 3.8) is 0 Å². The minimum absolute atomic E-state index is 0.481. The zero-order valence-corrected chi connectivity index (χ0v) is 17.1. The third kappa shape index (κ3) is 6.67. The monoisotopic (exact) mass is 376 g/mol. The molecule has 0 unspecified atom stereocenters. The summed E-state index contributed by atoms with van der Waals surface area (Å²) >= 11 is 0. The molecular weight excluding hydrogens is 344 g/mol. The van der Waals surface area contributed by atoms with Crippen LogP contribution in [0, 0.1) is 20.8 Å². The molecule has 0 aliphatic carbocycles. The molecule has 0 spiro atoms. The van der Waals surface area contributed by atoms with E-state index < -0.39 is 0 Å². The van der Waals surface area contributed by atoms with Crippen molar-refractivity contribution in [2.24, 2.45) is 12.0 Å². The molecule has 2 aromatic rings. The smallest absolute Gasteiger partial charge is 0.191 e. The summed E-state index contributed by atoms with van der Waals surface area (Å²) in [6.45, 7) is 9.73. The number of aliphatic imine (C=N–C) groups is 1. The topological polar surface area (TPSA) is 94.2 Å². The van der Waals surface area contributed by atoms with Gasteiger partial charge in [0.25, 0.3) is 0 Å². The molecule has 9 heteroatoms. The number of aromatic nitrogens is 5. The first kappa shape index (κ1) is 20.9. The Morgan fingerprint density at radius 2 is 1.89 bits per heavy atom. The Hall–Kier alpha value is -2.42. The first-order chi connectivity index (χ1) is 13.0. The fourth-order valence-electron chi connectivity index (χ4n) is 2.67. The predicted molar refractivity (Wildman–Crippen MR) is 106 cm³/mol. The number of ether oxygens (including phenoxy) is 1. The molecule has 2 N–H and O–H groups in total. The first-order valence-corrected chi connectivity index (χ1v) is 9.38. The van der Waals surface area contributed by atoms with Gasteiger partial charge in [-0.25, -0.2) is 4.99 Å². The minimum atomic E-state index is 0.481. The van der Waals surface area contributed by atoms with Gasteiger partial charge in [0, 0.05) is 46.1 Å². The summed E-state index contributed by atoms with van der Waals surface area (Å²) in [6.07, 6.45) is 1.88. The van der Waals surface area contributed by atoms with Gasteiger partial charge in [0.15, 0.2) is 11.8 Å². The van der Waals surface area contributed by atoms with E-state index in [4.69, 9.17) is 4.74 Å². The molecule has 2 rings (SSSR count). The zero-order chi connectivity index (χ0) is 19.6. The lowest BCUT2D eigenvalue weighted by atomic mass is 10.4. The Kier molecular flexibility index (Phi) is 8.25. The van der Waals surface area contributed by atoms with Crippen LogP contribution in [0.3, 0.4) is 0 Å². The van der Waals surface area contributed by atoms with Crippen molar-refractivity contribution in [3.05, 3.63) is 29.1 Å². The van der Waals surface area contributed by atoms with Gasteiger partial charge in [-0.15, -0.1) is 10.2 Å². The van der Waals surface area contributed by atoms with Crippen LogP contribution < -0.4 is 10.6 Å². The summed E-state index contributed by atoms with van der Waals surface area (Å²) in [5, 5.41) is 19.5. The van der Waals surface area contributed by atoms with Crippen LogP contribution in [0.1, 0.15) is 35.9 Å². The van der Waals surface area contributed by atoms with Crippen LogP contribution >= 0.6 is 0 Å². The maximum Gasteiger partial charge on any atom is 0.191 e. The SMILES string of the molecule is COCCCNC(=NCc1nnc(C)n1C)NCCCn1nc(C)cc1C. The highest BCUT2D eigenvalue weighted by atomic mass is 16.5. The van der Waals surface area contributed by atoms with E-state index in [1.54, 1.807) is 7.11 Å². The number of aryl methyl sites for hydroxylation is 4. The summed E-state index contributed by atoms with van der Waals surface area (Å²) < 4.78 is 9.10. The lowest BCUT2D eigenvalue weighted by Gasteiger charge is -2.13. The van der Waals surface area contributed by atoms with Gasteiger partial charge in [0.2, 0.25) is 0 Å². The molecule has 150 valence electrons. The number of hydrogen-bond acceptors (Lipinski definition) is 5. The van der Waals surface area contributed by atoms with Crippen LogP contribution in [0.5, 0.6) is 0 Å². The molecule has 0 bridgehead atoms. The largest absolute Gasteiger partial charge is 0.385 e. The van der Waals surface area contributed by atoms with Crippen LogP contribution in [-0.2, 0) is 24.9 Å². The summed E-state index contributed by atoms with van der Waals surface area (Å²) in [5.41, 5.74) is 2.25. The molecule has 0 saturated heterocycles. The molecule has 0 radical (unpaired) electrons. The highest BCUT2D eigenvalue weighted by Crippen LogP contribution is 2.02. The Morgan fingerprint density at radius 3 is 2.48 bits per heavy atom. The first-order valence-electron chi connectivity index (χ1n) is 9.38. The van der Waals surface area contributed by atoms with Crippen molar-refractivity contribution in [3.8, 4) is 0 Å². The summed E-state index contributed by atoms with van der Waals surface area (Å²) in [5.74, 6) is 2.50. The number of guanidine groups is 1. The second kappa shape index (κ2) is 10.7. The lowest BCUT2D eigenvalue weighted by Crippen LogP contribution is -2.39. The van der Waals surface area contributed by atoms with Gasteiger partial charge >= 0.3 is 0 Å². The van der Waals surface area contributed by atoms with E-state index in [0.29, 0.717) is 6.54 Å². The van der Waals surface area contributed by atoms with Crippen LogP contribution in [0.4, 0.5) is 0 Å². The molecular formula is C18H32N8O. The molecule has 27 heavy (non-hydrogen) atoms. The predicted octanol–water partition coefficient (Wildman–Crippen LogP) is 1.10. The zero-order valence-electron chi connectivity index (χ0n) is 17.1. The van der Waals surface area contributed by atoms with Crippen LogP contribution in [0.25, 0.3) is 0 Å². The number of nitrogens with zero attached hydrogens (tertiary/aromatic N) is 6. The van der Waals surface area contributed by atoms with E-state index in [9.17, 15) is 0 Å². The van der Waals surface area contributed by atoms with Gasteiger partial charge in [-0.3, -0.25) is 4.68 Å². The van der Waals surface area contributed by atoms with E-state index >= 15 is 0 Å². The molecule has 2 aromatic heterocycles. The third-order valence-corrected chi connectivity index (χ3v) is 4.32. The molecule has 2 heterocycles. The summed E-state index contributed by atoms with van der Waals surface area (Å²) in [7, 11) is 3.66. The molecule has 9 nitrogen and oxygen atoms in total. The van der Waals surface area contributed by atoms with Gasteiger partial charge in [0.05, 0.1) is 5.69 Å². The molecule has 0 aliphatic heterocycles. The Morgan fingerprint density at radius 1 is 1.15 bits per heavy atom. The average Bonchev–Trinajstić information content (AvgIpc) is 3.13. The molecule has 0 amide bonds. The Labute approximate surface area is 161 Å². The van der Waals surface area contributed by atoms with Crippen molar-refractivity contribution in [1.29, 1.82) is 0 Å². The second-order valence-corrected chi connectivity index (χ2v) is 6.59. The number of hydrogen-bond donors (Lipinski definition) is 2. The van der Waals surface area contributed by atoms with Crippen molar-refractivity contribution in [2.45, 2.75) is 46.7 Å². The summed E-state index contributed by atoms with van der Waals surface area (Å²) in [4.78, 5) is 4.64. The highest BCUT2D eigenvalue weighted by molar-refractivity contribution is 5.79. The van der Waals surface area contributed by atoms with Gasteiger partial charge in [-0.05, 0) is 39.7 Å². The van der Waals surface area contributed by atoms with Crippen molar-refractivity contribution in [2.75, 3.05) is 26.8 Å². The number of rotatable bonds is 10. The second-order valence-electron chi connectivity index (χ2n) is 6.59. The van der Waals surface area contributed by atoms with Gasteiger partial charge < -0.3 is 19.9 Å². The quantitative estimate of drug-likeness (QED) is 0.366. The highest BCUT2D eigenvalue weighted by Gasteiger charge is 2.05. The van der Waals surface area contributed by atoms with E-state index in [1.807, 2.05) is 30.1 Å². The van der Waals surface area contributed by atoms with E-state index in [0.717, 1.165) is 62.4 Å². The standard InChI is InChI=1S/C18H32N8O/c1-14-12-15(2)26(24-14)10-6-8-19-18(20-9-7-11-27-5)21-13-17-23-22-16(3)25(17)4/h12H,6-11,13H2,1-5H3,(H2,19,20,21). The summed E-state index contributed by atoms with van der Waals surface area (Å²) in [6, 6.07) is 2.10. The van der Waals surface area contributed by atoms with Crippen molar-refractivity contribution < 1.29 is 4.74 Å². The normalized spacial score (nSPS) is 11.8. The maximum atomic E-state index is 5.10. The van der Waals surface area contributed by atoms with Gasteiger partial charge in [-0.2, -0.15) is 5.10 Å². The molecule has 0 saturated carbocycles. The molecule has 0 atom stereocenters. The number of methoxy groups -OCH3 is 1. The van der Waals surface area contributed by atoms with E-state index in [2.05, 4.69) is 43.9 Å². The fourth-order valence-corrected chi connectivity index (χ4v) is 2.67. The van der Waals surface area contributed by atoms with Gasteiger partial charge in [-0.1, -0.05) is 0 Å². The average molecular weight is 377 g/mol. The van der Waals surface area contributed by atoms with Gasteiger partial charge in [0.1, 0.15) is 12.4 Å². The maximum absolute atomic E-state index is 5.10. The molecule has 0 aliphatic rings. The van der Waals surface area contributed by atoms with E-state index in [1.165, 1.54) is 5.69 Å². The van der Waals surface area contributed by atoms with Crippen LogP contribution in [0.15, 0.2) is 11.1 Å². The minimum Gasteiger partial charge on any atom is -0.385 e. The Balaban J connectivity index is 1.85.